The van der Waals surface area contributed by atoms with Crippen molar-refractivity contribution in [3.05, 3.63) is 22.6 Å². The van der Waals surface area contributed by atoms with Crippen molar-refractivity contribution in [2.45, 2.75) is 38.8 Å². The zero-order valence-corrected chi connectivity index (χ0v) is 12.1. The summed E-state index contributed by atoms with van der Waals surface area (Å²) in [5, 5.41) is 0. The number of carbonyl (C=O) groups is 1. The largest absolute Gasteiger partial charge is 0.465 e. The average molecular weight is 316 g/mol. The van der Waals surface area contributed by atoms with Gasteiger partial charge in [0.05, 0.1) is 13.2 Å². The highest BCUT2D eigenvalue weighted by Crippen LogP contribution is 2.22. The molecule has 1 aliphatic heterocycles. The van der Waals surface area contributed by atoms with Crippen molar-refractivity contribution in [1.29, 1.82) is 0 Å². The number of likely N-dealkylation sites (tertiary alicyclic amines) is 1. The van der Waals surface area contributed by atoms with Gasteiger partial charge in [-0.1, -0.05) is 6.42 Å². The van der Waals surface area contributed by atoms with Crippen LogP contribution < -0.4 is 0 Å². The first-order chi connectivity index (χ1) is 8.70. The van der Waals surface area contributed by atoms with Gasteiger partial charge < -0.3 is 9.15 Å². The fraction of sp³-hybridized carbons (Fsp3) is 0.615. The summed E-state index contributed by atoms with van der Waals surface area (Å²) in [6.45, 7) is 3.86. The molecule has 1 unspecified atom stereocenters. The maximum atomic E-state index is 11.9. The van der Waals surface area contributed by atoms with Crippen LogP contribution in [-0.4, -0.2) is 30.1 Å². The lowest BCUT2D eigenvalue weighted by atomic mass is 10.0. The Morgan fingerprint density at radius 3 is 3.06 bits per heavy atom. The summed E-state index contributed by atoms with van der Waals surface area (Å²) in [7, 11) is 0. The Morgan fingerprint density at radius 1 is 1.56 bits per heavy atom. The van der Waals surface area contributed by atoms with Crippen molar-refractivity contribution in [3.63, 3.8) is 0 Å². The van der Waals surface area contributed by atoms with E-state index in [-0.39, 0.29) is 12.0 Å². The van der Waals surface area contributed by atoms with Gasteiger partial charge in [0.25, 0.3) is 0 Å². The molecule has 5 heteroatoms. The molecule has 2 rings (SSSR count). The molecule has 0 aliphatic carbocycles. The Hall–Kier alpha value is -0.810. The van der Waals surface area contributed by atoms with Gasteiger partial charge in [-0.3, -0.25) is 9.69 Å². The monoisotopic (exact) mass is 315 g/mol. The summed E-state index contributed by atoms with van der Waals surface area (Å²) < 4.78 is 11.4. The van der Waals surface area contributed by atoms with E-state index in [0.717, 1.165) is 36.2 Å². The Bertz CT molecular complexity index is 405. The van der Waals surface area contributed by atoms with Crippen LogP contribution in [0.15, 0.2) is 21.2 Å². The molecule has 0 aromatic carbocycles. The number of nitrogens with zero attached hydrogens (tertiary/aromatic N) is 1. The number of piperidine rings is 1. The van der Waals surface area contributed by atoms with Crippen molar-refractivity contribution >= 4 is 21.9 Å². The first kappa shape index (κ1) is 13.6. The van der Waals surface area contributed by atoms with E-state index in [2.05, 4.69) is 20.8 Å². The first-order valence-corrected chi connectivity index (χ1v) is 7.15. The third-order valence-electron chi connectivity index (χ3n) is 3.16. The molecule has 0 saturated carbocycles. The van der Waals surface area contributed by atoms with Gasteiger partial charge in [-0.05, 0) is 54.4 Å². The molecule has 0 amide bonds. The predicted molar refractivity (Wildman–Crippen MR) is 71.1 cm³/mol. The van der Waals surface area contributed by atoms with Crippen LogP contribution in [0.3, 0.4) is 0 Å². The highest BCUT2D eigenvalue weighted by molar-refractivity contribution is 9.10. The smallest absolute Gasteiger partial charge is 0.323 e. The van der Waals surface area contributed by atoms with Crippen LogP contribution in [-0.2, 0) is 16.1 Å². The molecule has 1 aromatic rings. The van der Waals surface area contributed by atoms with E-state index >= 15 is 0 Å². The summed E-state index contributed by atoms with van der Waals surface area (Å²) in [6.07, 6.45) is 3.08. The normalized spacial score (nSPS) is 20.9. The number of hydrogen-bond donors (Lipinski definition) is 0. The summed E-state index contributed by atoms with van der Waals surface area (Å²) in [5.74, 6) is 0.765. The fourth-order valence-electron chi connectivity index (χ4n) is 2.32. The van der Waals surface area contributed by atoms with Crippen LogP contribution in [0.4, 0.5) is 0 Å². The van der Waals surface area contributed by atoms with E-state index in [9.17, 15) is 4.79 Å². The summed E-state index contributed by atoms with van der Waals surface area (Å²) in [4.78, 5) is 14.0. The second kappa shape index (κ2) is 6.38. The Morgan fingerprint density at radius 2 is 2.39 bits per heavy atom. The molecule has 4 nitrogen and oxygen atoms in total. The number of carbonyl (C=O) groups excluding carboxylic acids is 1. The molecule has 0 N–H and O–H groups in total. The van der Waals surface area contributed by atoms with E-state index in [1.807, 2.05) is 19.1 Å². The van der Waals surface area contributed by atoms with Gasteiger partial charge >= 0.3 is 5.97 Å². The van der Waals surface area contributed by atoms with Gasteiger partial charge in [0.1, 0.15) is 11.8 Å². The van der Waals surface area contributed by atoms with Crippen LogP contribution in [0.5, 0.6) is 0 Å². The van der Waals surface area contributed by atoms with Crippen LogP contribution in [0.25, 0.3) is 0 Å². The quantitative estimate of drug-likeness (QED) is 0.801. The Labute approximate surface area is 115 Å². The van der Waals surface area contributed by atoms with Gasteiger partial charge in [-0.2, -0.15) is 0 Å². The third-order valence-corrected chi connectivity index (χ3v) is 3.59. The molecule has 18 heavy (non-hydrogen) atoms. The van der Waals surface area contributed by atoms with Gasteiger partial charge in [0.2, 0.25) is 0 Å². The van der Waals surface area contributed by atoms with Crippen molar-refractivity contribution in [3.8, 4) is 0 Å². The van der Waals surface area contributed by atoms with Crippen LogP contribution in [0.1, 0.15) is 31.9 Å². The second-order valence-electron chi connectivity index (χ2n) is 4.44. The lowest BCUT2D eigenvalue weighted by Gasteiger charge is -2.33. The number of hydrogen-bond acceptors (Lipinski definition) is 4. The maximum absolute atomic E-state index is 11.9. The summed E-state index contributed by atoms with van der Waals surface area (Å²) in [6, 6.07) is 3.68. The molecule has 0 spiro atoms. The van der Waals surface area contributed by atoms with E-state index in [1.54, 1.807) is 0 Å². The number of rotatable bonds is 4. The summed E-state index contributed by atoms with van der Waals surface area (Å²) >= 11 is 3.29. The summed E-state index contributed by atoms with van der Waals surface area (Å²) in [5.41, 5.74) is 0. The van der Waals surface area contributed by atoms with Crippen LogP contribution in [0, 0.1) is 0 Å². The van der Waals surface area contributed by atoms with Crippen molar-refractivity contribution in [2.24, 2.45) is 0 Å². The predicted octanol–water partition coefficient (Wildman–Crippen LogP) is 2.96. The zero-order chi connectivity index (χ0) is 13.0. The second-order valence-corrected chi connectivity index (χ2v) is 5.22. The van der Waals surface area contributed by atoms with Crippen molar-refractivity contribution in [1.82, 2.24) is 4.90 Å². The number of esters is 1. The van der Waals surface area contributed by atoms with E-state index in [1.165, 1.54) is 0 Å². The fourth-order valence-corrected chi connectivity index (χ4v) is 2.66. The van der Waals surface area contributed by atoms with E-state index in [0.29, 0.717) is 13.2 Å². The molecule has 1 aliphatic rings. The first-order valence-electron chi connectivity index (χ1n) is 6.35. The average Bonchev–Trinajstić information content (AvgIpc) is 2.76. The molecule has 1 aromatic heterocycles. The molecular formula is C13H18BrNO3. The Kier molecular flexibility index (Phi) is 4.83. The minimum Gasteiger partial charge on any atom is -0.465 e. The number of ether oxygens (including phenoxy) is 1. The van der Waals surface area contributed by atoms with Gasteiger partial charge in [0.15, 0.2) is 4.67 Å². The molecule has 0 bridgehead atoms. The zero-order valence-electron chi connectivity index (χ0n) is 10.5. The molecule has 2 heterocycles. The topological polar surface area (TPSA) is 42.7 Å². The number of furan rings is 1. The minimum atomic E-state index is -0.123. The van der Waals surface area contributed by atoms with Gasteiger partial charge in [-0.25, -0.2) is 0 Å². The highest BCUT2D eigenvalue weighted by Gasteiger charge is 2.30. The molecule has 100 valence electrons. The van der Waals surface area contributed by atoms with Gasteiger partial charge in [0, 0.05) is 0 Å². The van der Waals surface area contributed by atoms with E-state index in [4.69, 9.17) is 9.15 Å². The SMILES string of the molecule is CCOC(=O)C1CCCCN1Cc1ccc(Br)o1. The third kappa shape index (κ3) is 3.36. The van der Waals surface area contributed by atoms with Crippen LogP contribution >= 0.6 is 15.9 Å². The van der Waals surface area contributed by atoms with Crippen molar-refractivity contribution < 1.29 is 13.9 Å². The lowest BCUT2D eigenvalue weighted by Crippen LogP contribution is -2.44. The van der Waals surface area contributed by atoms with E-state index < -0.39 is 0 Å². The van der Waals surface area contributed by atoms with Crippen LogP contribution in [0.2, 0.25) is 0 Å². The standard InChI is InChI=1S/C13H18BrNO3/c1-2-17-13(16)11-5-3-4-8-15(11)9-10-6-7-12(14)18-10/h6-7,11H,2-5,8-9H2,1H3. The molecular weight excluding hydrogens is 298 g/mol. The Balaban J connectivity index is 2.01. The van der Waals surface area contributed by atoms with Crippen molar-refractivity contribution in [2.75, 3.05) is 13.2 Å². The molecule has 1 saturated heterocycles. The molecule has 1 atom stereocenters. The number of halogens is 1. The molecule has 0 radical (unpaired) electrons. The minimum absolute atomic E-state index is 0.108. The molecule has 1 fully saturated rings. The maximum Gasteiger partial charge on any atom is 0.323 e. The van der Waals surface area contributed by atoms with Gasteiger partial charge in [-0.15, -0.1) is 0 Å². The lowest BCUT2D eigenvalue weighted by molar-refractivity contribution is -0.151. The highest BCUT2D eigenvalue weighted by atomic mass is 79.9.